The van der Waals surface area contributed by atoms with Gasteiger partial charge in [-0.05, 0) is 29.3 Å². The normalized spacial score (nSPS) is 11.9. The number of carbonyl (C=O) groups is 2. The van der Waals surface area contributed by atoms with Gasteiger partial charge in [0.15, 0.2) is 11.5 Å². The first-order chi connectivity index (χ1) is 12.0. The number of phenolic OH excluding ortho intramolecular Hbond substituents is 2. The highest BCUT2D eigenvalue weighted by Crippen LogP contribution is 2.25. The molecule has 7 nitrogen and oxygen atoms in total. The van der Waals surface area contributed by atoms with Crippen molar-refractivity contribution in [2.75, 3.05) is 0 Å². The lowest BCUT2D eigenvalue weighted by Gasteiger charge is -2.15. The van der Waals surface area contributed by atoms with Crippen LogP contribution >= 0.6 is 0 Å². The van der Waals surface area contributed by atoms with Crippen molar-refractivity contribution >= 4 is 17.9 Å². The molecule has 0 heterocycles. The van der Waals surface area contributed by atoms with Crippen LogP contribution in [0.4, 0.5) is 0 Å². The molecule has 2 aromatic carbocycles. The maximum atomic E-state index is 12.0. The van der Waals surface area contributed by atoms with Crippen LogP contribution in [0.2, 0.25) is 0 Å². The molecule has 130 valence electrons. The lowest BCUT2D eigenvalue weighted by atomic mass is 10.1. The van der Waals surface area contributed by atoms with Crippen LogP contribution in [-0.2, 0) is 16.0 Å². The highest BCUT2D eigenvalue weighted by Gasteiger charge is 2.19. The lowest BCUT2D eigenvalue weighted by Crippen LogP contribution is -2.46. The van der Waals surface area contributed by atoms with E-state index in [1.54, 1.807) is 12.1 Å². The highest BCUT2D eigenvalue weighted by molar-refractivity contribution is 5.95. The number of rotatable bonds is 6. The molecule has 0 aliphatic heterocycles. The molecule has 5 N–H and O–H groups in total. The van der Waals surface area contributed by atoms with Gasteiger partial charge in [0.2, 0.25) is 5.91 Å². The van der Waals surface area contributed by atoms with Gasteiger partial charge in [0, 0.05) is 12.5 Å². The molecule has 25 heavy (non-hydrogen) atoms. The smallest absolute Gasteiger partial charge is 0.266 e. The molecule has 2 amide bonds. The van der Waals surface area contributed by atoms with Gasteiger partial charge in [0.05, 0.1) is 0 Å². The number of carbonyl (C=O) groups excluding carboxylic acids is 2. The summed E-state index contributed by atoms with van der Waals surface area (Å²) >= 11 is 0. The van der Waals surface area contributed by atoms with Crippen LogP contribution in [0.5, 0.6) is 11.5 Å². The van der Waals surface area contributed by atoms with Crippen LogP contribution in [0.1, 0.15) is 11.1 Å². The van der Waals surface area contributed by atoms with Gasteiger partial charge in [0.1, 0.15) is 6.04 Å². The summed E-state index contributed by atoms with van der Waals surface area (Å²) in [6.07, 6.45) is 2.83. The molecule has 0 aromatic heterocycles. The molecule has 0 spiro atoms. The fourth-order valence-electron chi connectivity index (χ4n) is 2.17. The molecule has 2 rings (SSSR count). The Hall–Kier alpha value is -3.32. The van der Waals surface area contributed by atoms with Crippen molar-refractivity contribution in [2.24, 2.45) is 0 Å². The predicted octanol–water partition coefficient (Wildman–Crippen LogP) is 1.34. The average molecular weight is 342 g/mol. The van der Waals surface area contributed by atoms with Gasteiger partial charge in [-0.3, -0.25) is 14.8 Å². The van der Waals surface area contributed by atoms with E-state index in [2.05, 4.69) is 5.32 Å². The number of hydrogen-bond acceptors (Lipinski definition) is 5. The number of hydrogen-bond donors (Lipinski definition) is 5. The van der Waals surface area contributed by atoms with E-state index in [-0.39, 0.29) is 17.9 Å². The third-order valence-electron chi connectivity index (χ3n) is 3.45. The van der Waals surface area contributed by atoms with E-state index in [0.29, 0.717) is 5.56 Å². The van der Waals surface area contributed by atoms with Crippen LogP contribution < -0.4 is 10.8 Å². The molecule has 0 saturated heterocycles. The summed E-state index contributed by atoms with van der Waals surface area (Å²) in [4.78, 5) is 23.8. The molecule has 2 aromatic rings. The lowest BCUT2D eigenvalue weighted by molar-refractivity contribution is -0.133. The van der Waals surface area contributed by atoms with E-state index in [4.69, 9.17) is 5.21 Å². The van der Waals surface area contributed by atoms with Crippen LogP contribution in [0, 0.1) is 0 Å². The summed E-state index contributed by atoms with van der Waals surface area (Å²) in [7, 11) is 0. The Morgan fingerprint density at radius 2 is 1.76 bits per heavy atom. The molecule has 0 bridgehead atoms. The SMILES string of the molecule is O=C(/C=C/c1ccc(O)c(O)c1)N[C@H](Cc1ccccc1)C(=O)NO. The van der Waals surface area contributed by atoms with Gasteiger partial charge in [0.25, 0.3) is 5.91 Å². The second-order valence-electron chi connectivity index (χ2n) is 5.31. The number of hydroxylamine groups is 1. The van der Waals surface area contributed by atoms with Gasteiger partial charge in [-0.25, -0.2) is 5.48 Å². The Bertz CT molecular complexity index is 774. The minimum Gasteiger partial charge on any atom is -0.504 e. The van der Waals surface area contributed by atoms with Crippen LogP contribution in [-0.4, -0.2) is 33.3 Å². The number of benzene rings is 2. The van der Waals surface area contributed by atoms with E-state index in [9.17, 15) is 19.8 Å². The summed E-state index contributed by atoms with van der Waals surface area (Å²) in [5.41, 5.74) is 2.86. The van der Waals surface area contributed by atoms with Crippen molar-refractivity contribution in [1.29, 1.82) is 0 Å². The second kappa shape index (κ2) is 8.51. The Labute approximate surface area is 144 Å². The van der Waals surface area contributed by atoms with Gasteiger partial charge >= 0.3 is 0 Å². The van der Waals surface area contributed by atoms with Crippen LogP contribution in [0.15, 0.2) is 54.6 Å². The van der Waals surface area contributed by atoms with Crippen LogP contribution in [0.25, 0.3) is 6.08 Å². The minimum absolute atomic E-state index is 0.215. The topological polar surface area (TPSA) is 119 Å². The zero-order valence-electron chi connectivity index (χ0n) is 13.2. The maximum absolute atomic E-state index is 12.0. The molecule has 0 saturated carbocycles. The minimum atomic E-state index is -0.947. The Morgan fingerprint density at radius 3 is 2.40 bits per heavy atom. The van der Waals surface area contributed by atoms with Gasteiger partial charge in [-0.2, -0.15) is 0 Å². The summed E-state index contributed by atoms with van der Waals surface area (Å²) < 4.78 is 0. The quantitative estimate of drug-likeness (QED) is 0.235. The molecule has 0 aliphatic carbocycles. The monoisotopic (exact) mass is 342 g/mol. The second-order valence-corrected chi connectivity index (χ2v) is 5.31. The Balaban J connectivity index is 2.04. The van der Waals surface area contributed by atoms with Crippen molar-refractivity contribution in [3.8, 4) is 11.5 Å². The molecule has 0 fully saturated rings. The Kier molecular flexibility index (Phi) is 6.14. The highest BCUT2D eigenvalue weighted by atomic mass is 16.5. The van der Waals surface area contributed by atoms with E-state index < -0.39 is 17.9 Å². The van der Waals surface area contributed by atoms with Gasteiger partial charge in [-0.1, -0.05) is 36.4 Å². The van der Waals surface area contributed by atoms with E-state index in [0.717, 1.165) is 5.56 Å². The van der Waals surface area contributed by atoms with E-state index in [1.165, 1.54) is 35.8 Å². The molecule has 0 radical (unpaired) electrons. The third kappa shape index (κ3) is 5.36. The van der Waals surface area contributed by atoms with Crippen molar-refractivity contribution in [2.45, 2.75) is 12.5 Å². The molecular formula is C18H18N2O5. The summed E-state index contributed by atoms with van der Waals surface area (Å²) in [6.45, 7) is 0. The number of nitrogens with one attached hydrogen (secondary N) is 2. The zero-order valence-corrected chi connectivity index (χ0v) is 13.2. The zero-order chi connectivity index (χ0) is 18.2. The first-order valence-corrected chi connectivity index (χ1v) is 7.48. The van der Waals surface area contributed by atoms with E-state index in [1.807, 2.05) is 18.2 Å². The molecule has 0 aliphatic rings. The fourth-order valence-corrected chi connectivity index (χ4v) is 2.17. The standard InChI is InChI=1S/C18H18N2O5/c21-15-8-6-13(11-16(15)22)7-9-17(23)19-14(18(24)20-25)10-12-4-2-1-3-5-12/h1-9,11,14,21-22,25H,10H2,(H,19,23)(H,20,24)/b9-7+/t14-/m1/s1. The number of aromatic hydroxyl groups is 2. The summed E-state index contributed by atoms with van der Waals surface area (Å²) in [6, 6.07) is 12.2. The first kappa shape index (κ1) is 18.0. The molecule has 0 unspecified atom stereocenters. The third-order valence-corrected chi connectivity index (χ3v) is 3.45. The van der Waals surface area contributed by atoms with E-state index >= 15 is 0 Å². The number of amides is 2. The molecule has 7 heteroatoms. The van der Waals surface area contributed by atoms with Crippen molar-refractivity contribution in [1.82, 2.24) is 10.8 Å². The first-order valence-electron chi connectivity index (χ1n) is 7.48. The van der Waals surface area contributed by atoms with Crippen molar-refractivity contribution in [3.63, 3.8) is 0 Å². The summed E-state index contributed by atoms with van der Waals surface area (Å²) in [5.74, 6) is -1.83. The van der Waals surface area contributed by atoms with Gasteiger partial charge in [-0.15, -0.1) is 0 Å². The van der Waals surface area contributed by atoms with Crippen molar-refractivity contribution < 1.29 is 25.0 Å². The average Bonchev–Trinajstić information content (AvgIpc) is 2.62. The van der Waals surface area contributed by atoms with Gasteiger partial charge < -0.3 is 15.5 Å². The fraction of sp³-hybridized carbons (Fsp3) is 0.111. The molecular weight excluding hydrogens is 324 g/mol. The molecule has 1 atom stereocenters. The van der Waals surface area contributed by atoms with Crippen molar-refractivity contribution in [3.05, 3.63) is 65.7 Å². The maximum Gasteiger partial charge on any atom is 0.266 e. The predicted molar refractivity (Wildman–Crippen MR) is 90.8 cm³/mol. The number of phenols is 2. The van der Waals surface area contributed by atoms with Crippen LogP contribution in [0.3, 0.4) is 0 Å². The summed E-state index contributed by atoms with van der Waals surface area (Å²) in [5, 5.41) is 30.0. The Morgan fingerprint density at radius 1 is 1.04 bits per heavy atom. The largest absolute Gasteiger partial charge is 0.504 e.